The molecule has 2 aromatic carbocycles. The van der Waals surface area contributed by atoms with Gasteiger partial charge in [-0.25, -0.2) is 0 Å². The molecule has 0 aliphatic heterocycles. The lowest BCUT2D eigenvalue weighted by Crippen LogP contribution is -2.27. The summed E-state index contributed by atoms with van der Waals surface area (Å²) in [6, 6.07) is 13.0. The highest BCUT2D eigenvalue weighted by Crippen LogP contribution is 2.37. The minimum atomic E-state index is 0.189. The van der Waals surface area contributed by atoms with Crippen LogP contribution in [0.15, 0.2) is 42.1 Å². The Morgan fingerprint density at radius 2 is 1.76 bits per heavy atom. The van der Waals surface area contributed by atoms with E-state index in [1.807, 2.05) is 0 Å². The average Bonchev–Trinajstić information content (AvgIpc) is 2.28. The first-order chi connectivity index (χ1) is 8.18. The molecule has 1 aliphatic carbocycles. The highest BCUT2D eigenvalue weighted by Gasteiger charge is 2.23. The van der Waals surface area contributed by atoms with Crippen molar-refractivity contribution in [1.29, 1.82) is 0 Å². The second kappa shape index (κ2) is 3.60. The van der Waals surface area contributed by atoms with Gasteiger partial charge in [-0.05, 0) is 42.1 Å². The van der Waals surface area contributed by atoms with E-state index >= 15 is 0 Å². The van der Waals surface area contributed by atoms with E-state index in [0.717, 1.165) is 5.70 Å². The molecule has 2 nitrogen and oxygen atoms in total. The minimum Gasteiger partial charge on any atom is -0.400 e. The van der Waals surface area contributed by atoms with Gasteiger partial charge in [0.25, 0.3) is 0 Å². The number of rotatable bonds is 1. The first-order valence-electron chi connectivity index (χ1n) is 5.83. The first kappa shape index (κ1) is 10.4. The van der Waals surface area contributed by atoms with Gasteiger partial charge in [0.05, 0.1) is 6.04 Å². The van der Waals surface area contributed by atoms with Crippen molar-refractivity contribution in [3.63, 3.8) is 0 Å². The Kier molecular flexibility index (Phi) is 2.20. The molecule has 0 saturated heterocycles. The zero-order valence-corrected chi connectivity index (χ0v) is 10.1. The first-order valence-corrected chi connectivity index (χ1v) is 5.83. The van der Waals surface area contributed by atoms with Gasteiger partial charge in [0.2, 0.25) is 0 Å². The van der Waals surface area contributed by atoms with Crippen molar-refractivity contribution < 1.29 is 0 Å². The monoisotopic (exact) mass is 224 g/mol. The third kappa shape index (κ3) is 1.45. The standard InChI is InChI=1S/C15H16N2/c1-17(2)15-12-8-4-6-10-5-3-7-11(14(10)12)9-13(15)16/h3-9,15H,16H2,1-2H3. The topological polar surface area (TPSA) is 29.3 Å². The van der Waals surface area contributed by atoms with E-state index in [9.17, 15) is 0 Å². The Morgan fingerprint density at radius 1 is 1.06 bits per heavy atom. The minimum absolute atomic E-state index is 0.189. The van der Waals surface area contributed by atoms with Crippen LogP contribution in [0.2, 0.25) is 0 Å². The van der Waals surface area contributed by atoms with Gasteiger partial charge in [0.15, 0.2) is 0 Å². The molecule has 0 spiro atoms. The third-order valence-corrected chi connectivity index (χ3v) is 3.42. The lowest BCUT2D eigenvalue weighted by Gasteiger charge is -2.30. The average molecular weight is 224 g/mol. The van der Waals surface area contributed by atoms with Crippen molar-refractivity contribution in [2.75, 3.05) is 14.1 Å². The molecule has 1 aliphatic rings. The van der Waals surface area contributed by atoms with Crippen molar-refractivity contribution in [3.05, 3.63) is 53.2 Å². The second-order valence-corrected chi connectivity index (χ2v) is 4.80. The molecule has 3 rings (SSSR count). The molecule has 0 heterocycles. The fraction of sp³-hybridized carbons (Fsp3) is 0.200. The third-order valence-electron chi connectivity index (χ3n) is 3.42. The van der Waals surface area contributed by atoms with Crippen LogP contribution in [0, 0.1) is 0 Å². The molecule has 0 amide bonds. The zero-order valence-electron chi connectivity index (χ0n) is 10.1. The van der Waals surface area contributed by atoms with Crippen LogP contribution in [0.3, 0.4) is 0 Å². The van der Waals surface area contributed by atoms with Crippen LogP contribution in [-0.4, -0.2) is 19.0 Å². The fourth-order valence-corrected chi connectivity index (χ4v) is 2.76. The van der Waals surface area contributed by atoms with E-state index in [1.54, 1.807) is 0 Å². The molecule has 0 bridgehead atoms. The van der Waals surface area contributed by atoms with Gasteiger partial charge in [-0.2, -0.15) is 0 Å². The predicted molar refractivity (Wildman–Crippen MR) is 72.5 cm³/mol. The van der Waals surface area contributed by atoms with Crippen LogP contribution < -0.4 is 5.73 Å². The summed E-state index contributed by atoms with van der Waals surface area (Å²) in [5.41, 5.74) is 9.65. The molecule has 1 unspecified atom stereocenters. The van der Waals surface area contributed by atoms with Gasteiger partial charge in [0.1, 0.15) is 0 Å². The van der Waals surface area contributed by atoms with E-state index in [1.165, 1.54) is 21.9 Å². The van der Waals surface area contributed by atoms with Crippen LogP contribution in [0.25, 0.3) is 16.8 Å². The predicted octanol–water partition coefficient (Wildman–Crippen LogP) is 2.76. The van der Waals surface area contributed by atoms with Gasteiger partial charge in [-0.1, -0.05) is 36.4 Å². The summed E-state index contributed by atoms with van der Waals surface area (Å²) in [6.07, 6.45) is 2.10. The van der Waals surface area contributed by atoms with Crippen LogP contribution in [0.5, 0.6) is 0 Å². The van der Waals surface area contributed by atoms with Crippen LogP contribution in [0.4, 0.5) is 0 Å². The van der Waals surface area contributed by atoms with Crippen LogP contribution in [0.1, 0.15) is 17.2 Å². The molecule has 0 fully saturated rings. The molecule has 0 saturated carbocycles. The summed E-state index contributed by atoms with van der Waals surface area (Å²) in [5, 5.41) is 2.62. The van der Waals surface area contributed by atoms with E-state index in [-0.39, 0.29) is 6.04 Å². The van der Waals surface area contributed by atoms with E-state index < -0.39 is 0 Å². The Labute approximate surface area is 101 Å². The maximum Gasteiger partial charge on any atom is 0.0750 e. The highest BCUT2D eigenvalue weighted by atomic mass is 15.1. The molecule has 2 N–H and O–H groups in total. The number of hydrogen-bond acceptors (Lipinski definition) is 2. The Balaban J connectivity index is 2.39. The largest absolute Gasteiger partial charge is 0.400 e. The molecule has 0 aromatic heterocycles. The van der Waals surface area contributed by atoms with Gasteiger partial charge in [-0.3, -0.25) is 4.90 Å². The van der Waals surface area contributed by atoms with E-state index in [0.29, 0.717) is 0 Å². The lowest BCUT2D eigenvalue weighted by molar-refractivity contribution is 0.337. The van der Waals surface area contributed by atoms with Crippen molar-refractivity contribution >= 4 is 16.8 Å². The molecule has 2 heteroatoms. The maximum absolute atomic E-state index is 6.19. The van der Waals surface area contributed by atoms with Gasteiger partial charge in [-0.15, -0.1) is 0 Å². The summed E-state index contributed by atoms with van der Waals surface area (Å²) >= 11 is 0. The SMILES string of the molecule is CN(C)C1C(N)=Cc2cccc3cccc1c23. The molecule has 2 aromatic rings. The number of hydrogen-bond donors (Lipinski definition) is 1. The number of benzene rings is 2. The quantitative estimate of drug-likeness (QED) is 0.807. The smallest absolute Gasteiger partial charge is 0.0750 e. The Morgan fingerprint density at radius 3 is 2.47 bits per heavy atom. The number of nitrogens with two attached hydrogens (primary N) is 1. The molecular formula is C15H16N2. The summed E-state index contributed by atoms with van der Waals surface area (Å²) in [6.45, 7) is 0. The van der Waals surface area contributed by atoms with E-state index in [4.69, 9.17) is 5.73 Å². The normalized spacial score (nSPS) is 18.5. The van der Waals surface area contributed by atoms with Gasteiger partial charge in [0, 0.05) is 5.70 Å². The van der Waals surface area contributed by atoms with Crippen molar-refractivity contribution in [2.45, 2.75) is 6.04 Å². The van der Waals surface area contributed by atoms with Crippen molar-refractivity contribution in [1.82, 2.24) is 4.90 Å². The highest BCUT2D eigenvalue weighted by molar-refractivity contribution is 5.96. The van der Waals surface area contributed by atoms with E-state index in [2.05, 4.69) is 61.5 Å². The summed E-state index contributed by atoms with van der Waals surface area (Å²) in [4.78, 5) is 2.16. The second-order valence-electron chi connectivity index (χ2n) is 4.80. The van der Waals surface area contributed by atoms with Crippen LogP contribution >= 0.6 is 0 Å². The maximum atomic E-state index is 6.19. The molecular weight excluding hydrogens is 208 g/mol. The summed E-state index contributed by atoms with van der Waals surface area (Å²) in [7, 11) is 4.14. The Hall–Kier alpha value is -1.80. The fourth-order valence-electron chi connectivity index (χ4n) is 2.76. The van der Waals surface area contributed by atoms with Crippen LogP contribution in [-0.2, 0) is 0 Å². The lowest BCUT2D eigenvalue weighted by atomic mass is 9.88. The van der Waals surface area contributed by atoms with Crippen molar-refractivity contribution in [3.8, 4) is 0 Å². The Bertz CT molecular complexity index is 606. The molecule has 0 radical (unpaired) electrons. The molecule has 86 valence electrons. The zero-order chi connectivity index (χ0) is 12.0. The molecule has 1 atom stereocenters. The summed E-state index contributed by atoms with van der Waals surface area (Å²) < 4.78 is 0. The summed E-state index contributed by atoms with van der Waals surface area (Å²) in [5.74, 6) is 0. The van der Waals surface area contributed by atoms with Gasteiger partial charge < -0.3 is 5.73 Å². The van der Waals surface area contributed by atoms with Crippen molar-refractivity contribution in [2.24, 2.45) is 5.73 Å². The van der Waals surface area contributed by atoms with Gasteiger partial charge >= 0.3 is 0 Å². The molecule has 17 heavy (non-hydrogen) atoms. The number of nitrogens with zero attached hydrogens (tertiary/aromatic N) is 1. The number of likely N-dealkylation sites (N-methyl/N-ethyl adjacent to an activating group) is 1.